The molecule has 0 bridgehead atoms. The quantitative estimate of drug-likeness (QED) is 0.113. The number of rotatable bonds is 15. The van der Waals surface area contributed by atoms with Gasteiger partial charge in [-0.3, -0.25) is 19.2 Å². The number of thioether (sulfide) groups is 1. The number of hydrogen-bond acceptors (Lipinski definition) is 9. The minimum atomic E-state index is -1.36. The van der Waals surface area contributed by atoms with Crippen molar-refractivity contribution in [1.29, 1.82) is 0 Å². The van der Waals surface area contributed by atoms with Crippen LogP contribution in [0.1, 0.15) is 26.2 Å². The second kappa shape index (κ2) is 14.9. The average Bonchev–Trinajstić information content (AvgIpc) is 2.70. The van der Waals surface area contributed by atoms with Crippen molar-refractivity contribution in [3.05, 3.63) is 0 Å². The van der Waals surface area contributed by atoms with Crippen LogP contribution in [0.5, 0.6) is 0 Å². The predicted octanol–water partition coefficient (Wildman–Crippen LogP) is -2.82. The molecule has 14 heteroatoms. The fraction of sp³-hybridized carbons (Fsp3) is 0.706. The van der Waals surface area contributed by atoms with Crippen LogP contribution in [0.4, 0.5) is 0 Å². The number of nitrogens with one attached hydrogen (secondary N) is 3. The SMILES string of the molecule is CSCCC(NC(=O)C(CS)NC(=O)C(N)C(C)O)C(=O)NC(CCC(N)=O)C(=O)O. The van der Waals surface area contributed by atoms with Crippen LogP contribution >= 0.6 is 24.4 Å². The van der Waals surface area contributed by atoms with Crippen LogP contribution in [0.3, 0.4) is 0 Å². The molecule has 0 aromatic heterocycles. The first-order valence-electron chi connectivity index (χ1n) is 9.40. The van der Waals surface area contributed by atoms with E-state index in [9.17, 15) is 34.2 Å². The topological polar surface area (TPSA) is 214 Å². The molecule has 5 unspecified atom stereocenters. The normalized spacial score (nSPS) is 15.6. The number of carboxylic acids is 1. The highest BCUT2D eigenvalue weighted by molar-refractivity contribution is 7.98. The summed E-state index contributed by atoms with van der Waals surface area (Å²) in [6, 6.07) is -4.86. The van der Waals surface area contributed by atoms with Crippen LogP contribution in [0, 0.1) is 0 Å². The number of amides is 4. The van der Waals surface area contributed by atoms with E-state index in [0.717, 1.165) is 0 Å². The van der Waals surface area contributed by atoms with E-state index in [4.69, 9.17) is 11.5 Å². The molecule has 4 amide bonds. The lowest BCUT2D eigenvalue weighted by Crippen LogP contribution is -2.58. The van der Waals surface area contributed by atoms with Crippen molar-refractivity contribution in [2.45, 2.75) is 56.5 Å². The Morgan fingerprint density at radius 2 is 1.48 bits per heavy atom. The summed E-state index contributed by atoms with van der Waals surface area (Å²) in [6.45, 7) is 1.32. The van der Waals surface area contributed by atoms with Crippen molar-refractivity contribution in [1.82, 2.24) is 16.0 Å². The van der Waals surface area contributed by atoms with Gasteiger partial charge in [-0.05, 0) is 31.8 Å². The molecule has 0 aromatic rings. The van der Waals surface area contributed by atoms with Gasteiger partial charge in [0.1, 0.15) is 24.2 Å². The van der Waals surface area contributed by atoms with E-state index in [1.165, 1.54) is 18.7 Å². The van der Waals surface area contributed by atoms with Gasteiger partial charge in [0.25, 0.3) is 0 Å². The Morgan fingerprint density at radius 3 is 1.94 bits per heavy atom. The zero-order chi connectivity index (χ0) is 24.1. The van der Waals surface area contributed by atoms with Gasteiger partial charge in [0.05, 0.1) is 6.10 Å². The summed E-state index contributed by atoms with van der Waals surface area (Å²) in [5, 5.41) is 25.8. The van der Waals surface area contributed by atoms with Gasteiger partial charge < -0.3 is 37.6 Å². The Balaban J connectivity index is 5.24. The van der Waals surface area contributed by atoms with Gasteiger partial charge in [-0.1, -0.05) is 0 Å². The van der Waals surface area contributed by atoms with Gasteiger partial charge in [0, 0.05) is 12.2 Å². The number of carbonyl (C=O) groups excluding carboxylic acids is 4. The van der Waals surface area contributed by atoms with Crippen LogP contribution in [-0.2, 0) is 24.0 Å². The number of hydrogen-bond donors (Lipinski definition) is 8. The molecule has 0 aromatic carbocycles. The van der Waals surface area contributed by atoms with Crippen LogP contribution < -0.4 is 27.4 Å². The molecular formula is C17H31N5O7S2. The zero-order valence-corrected chi connectivity index (χ0v) is 19.1. The van der Waals surface area contributed by atoms with E-state index in [0.29, 0.717) is 5.75 Å². The van der Waals surface area contributed by atoms with Gasteiger partial charge in [-0.25, -0.2) is 4.79 Å². The van der Waals surface area contributed by atoms with Crippen molar-refractivity contribution in [3.8, 4) is 0 Å². The highest BCUT2D eigenvalue weighted by Crippen LogP contribution is 2.05. The molecule has 9 N–H and O–H groups in total. The van der Waals surface area contributed by atoms with Gasteiger partial charge in [0.2, 0.25) is 23.6 Å². The van der Waals surface area contributed by atoms with Gasteiger partial charge in [0.15, 0.2) is 0 Å². The maximum absolute atomic E-state index is 12.6. The molecule has 5 atom stereocenters. The maximum atomic E-state index is 12.6. The number of carbonyl (C=O) groups is 5. The Kier molecular flexibility index (Phi) is 13.9. The molecule has 12 nitrogen and oxygen atoms in total. The lowest BCUT2D eigenvalue weighted by Gasteiger charge is -2.24. The molecule has 0 aliphatic rings. The molecule has 0 fully saturated rings. The van der Waals surface area contributed by atoms with Gasteiger partial charge in [-0.2, -0.15) is 24.4 Å². The first-order chi connectivity index (χ1) is 14.4. The molecular weight excluding hydrogens is 450 g/mol. The summed E-state index contributed by atoms with van der Waals surface area (Å²) in [7, 11) is 0. The summed E-state index contributed by atoms with van der Waals surface area (Å²) in [6.07, 6.45) is 0.388. The van der Waals surface area contributed by atoms with E-state index in [1.807, 2.05) is 0 Å². The third kappa shape index (κ3) is 11.2. The summed E-state index contributed by atoms with van der Waals surface area (Å²) in [5.74, 6) is -3.96. The average molecular weight is 482 g/mol. The van der Waals surface area contributed by atoms with Crippen LogP contribution in [0.2, 0.25) is 0 Å². The van der Waals surface area contributed by atoms with E-state index in [-0.39, 0.29) is 25.0 Å². The summed E-state index contributed by atoms with van der Waals surface area (Å²) < 4.78 is 0. The Morgan fingerprint density at radius 1 is 0.968 bits per heavy atom. The minimum absolute atomic E-state index is 0.114. The number of aliphatic carboxylic acids is 1. The van der Waals surface area contributed by atoms with Crippen molar-refractivity contribution < 1.29 is 34.2 Å². The van der Waals surface area contributed by atoms with Crippen molar-refractivity contribution >= 4 is 54.0 Å². The molecule has 0 radical (unpaired) electrons. The predicted molar refractivity (Wildman–Crippen MR) is 118 cm³/mol. The first kappa shape index (κ1) is 29.0. The molecule has 0 aliphatic carbocycles. The Hall–Kier alpha value is -2.03. The summed E-state index contributed by atoms with van der Waals surface area (Å²) in [4.78, 5) is 59.4. The smallest absolute Gasteiger partial charge is 0.326 e. The molecule has 0 saturated carbocycles. The first-order valence-corrected chi connectivity index (χ1v) is 11.4. The third-order valence-corrected chi connectivity index (χ3v) is 5.18. The van der Waals surface area contributed by atoms with E-state index < -0.39 is 59.9 Å². The molecule has 31 heavy (non-hydrogen) atoms. The largest absolute Gasteiger partial charge is 0.480 e. The highest BCUT2D eigenvalue weighted by Gasteiger charge is 2.30. The Bertz CT molecular complexity index is 650. The maximum Gasteiger partial charge on any atom is 0.326 e. The fourth-order valence-electron chi connectivity index (χ4n) is 2.27. The summed E-state index contributed by atoms with van der Waals surface area (Å²) >= 11 is 5.43. The van der Waals surface area contributed by atoms with Gasteiger partial charge >= 0.3 is 5.97 Å². The van der Waals surface area contributed by atoms with Crippen LogP contribution in [0.25, 0.3) is 0 Å². The van der Waals surface area contributed by atoms with Crippen molar-refractivity contribution in [2.75, 3.05) is 17.8 Å². The number of nitrogens with two attached hydrogens (primary N) is 2. The molecule has 0 spiro atoms. The lowest BCUT2D eigenvalue weighted by molar-refractivity contribution is -0.142. The van der Waals surface area contributed by atoms with E-state index in [1.54, 1.807) is 6.26 Å². The number of aliphatic hydroxyl groups is 1. The van der Waals surface area contributed by atoms with Crippen LogP contribution in [0.15, 0.2) is 0 Å². The van der Waals surface area contributed by atoms with Crippen molar-refractivity contribution in [3.63, 3.8) is 0 Å². The fourth-order valence-corrected chi connectivity index (χ4v) is 3.00. The minimum Gasteiger partial charge on any atom is -0.480 e. The van der Waals surface area contributed by atoms with Crippen molar-refractivity contribution in [2.24, 2.45) is 11.5 Å². The van der Waals surface area contributed by atoms with E-state index in [2.05, 4.69) is 28.6 Å². The molecule has 178 valence electrons. The van der Waals surface area contributed by atoms with Crippen LogP contribution in [-0.4, -0.2) is 87.8 Å². The number of thiol groups is 1. The third-order valence-electron chi connectivity index (χ3n) is 4.18. The second-order valence-electron chi connectivity index (χ2n) is 6.76. The summed E-state index contributed by atoms with van der Waals surface area (Å²) in [5.41, 5.74) is 10.6. The monoisotopic (exact) mass is 481 g/mol. The Labute approximate surface area is 190 Å². The second-order valence-corrected chi connectivity index (χ2v) is 8.11. The molecule has 0 aliphatic heterocycles. The molecule has 0 heterocycles. The number of aliphatic hydroxyl groups excluding tert-OH is 1. The van der Waals surface area contributed by atoms with E-state index >= 15 is 0 Å². The lowest BCUT2D eigenvalue weighted by atomic mass is 10.1. The zero-order valence-electron chi connectivity index (χ0n) is 17.4. The highest BCUT2D eigenvalue weighted by atomic mass is 32.2. The molecule has 0 saturated heterocycles. The van der Waals surface area contributed by atoms with Gasteiger partial charge in [-0.15, -0.1) is 0 Å². The number of carboxylic acid groups (broad SMARTS) is 1. The molecule has 0 rings (SSSR count). The number of primary amides is 1. The standard InChI is InChI=1S/C17H31N5O7S2/c1-8(23)13(19)16(27)22-11(7-30)15(26)20-9(5-6-31-2)14(25)21-10(17(28)29)3-4-12(18)24/h8-11,13,23,30H,3-7,19H2,1-2H3,(H2,18,24)(H,20,26)(H,21,25)(H,22,27)(H,28,29).